The van der Waals surface area contributed by atoms with E-state index in [1.165, 1.54) is 11.1 Å². The Labute approximate surface area is 326 Å². The molecule has 2 heterocycles. The molecule has 0 spiro atoms. The fourth-order valence-corrected chi connectivity index (χ4v) is 7.77. The molecule has 2 atom stereocenters. The zero-order valence-corrected chi connectivity index (χ0v) is 30.6. The summed E-state index contributed by atoms with van der Waals surface area (Å²) in [4.78, 5) is 5.25. The first-order valence-electron chi connectivity index (χ1n) is 19.0. The van der Waals surface area contributed by atoms with Crippen LogP contribution in [-0.2, 0) is 0 Å². The Morgan fingerprint density at radius 2 is 1.12 bits per heavy atom. The molecule has 5 nitrogen and oxygen atoms in total. The maximum Gasteiger partial charge on any atom is 0.143 e. The lowest BCUT2D eigenvalue weighted by molar-refractivity contribution is 0.409. The van der Waals surface area contributed by atoms with E-state index in [0.29, 0.717) is 0 Å². The average Bonchev–Trinajstić information content (AvgIpc) is 3.66. The topological polar surface area (TPSA) is 61.6 Å². The molecule has 1 aliphatic heterocycles. The lowest BCUT2D eigenvalue weighted by Crippen LogP contribution is -2.45. The fourth-order valence-electron chi connectivity index (χ4n) is 7.77. The van der Waals surface area contributed by atoms with E-state index in [9.17, 15) is 0 Å². The second-order valence-electron chi connectivity index (χ2n) is 14.1. The summed E-state index contributed by atoms with van der Waals surface area (Å²) in [6, 6.07) is 69.9. The molecule has 2 unspecified atom stereocenters. The minimum Gasteiger partial charge on any atom is -0.455 e. The second-order valence-corrected chi connectivity index (χ2v) is 14.1. The quantitative estimate of drug-likeness (QED) is 0.146. The summed E-state index contributed by atoms with van der Waals surface area (Å²) >= 11 is 0. The number of nitrogens with zero attached hydrogens (tertiary/aromatic N) is 1. The van der Waals surface area contributed by atoms with Gasteiger partial charge in [0.15, 0.2) is 0 Å². The summed E-state index contributed by atoms with van der Waals surface area (Å²) < 4.78 is 6.46. The highest BCUT2D eigenvalue weighted by Gasteiger charge is 2.26. The van der Waals surface area contributed by atoms with Crippen molar-refractivity contribution in [2.45, 2.75) is 12.3 Å². The lowest BCUT2D eigenvalue weighted by Gasteiger charge is -2.32. The van der Waals surface area contributed by atoms with E-state index in [1.807, 2.05) is 18.2 Å². The molecule has 8 aromatic carbocycles. The molecule has 56 heavy (non-hydrogen) atoms. The van der Waals surface area contributed by atoms with E-state index in [0.717, 1.165) is 78.1 Å². The summed E-state index contributed by atoms with van der Waals surface area (Å²) in [6.45, 7) is 0. The number of amidine groups is 1. The van der Waals surface area contributed by atoms with Crippen molar-refractivity contribution in [3.05, 3.63) is 217 Å². The molecular formula is C51H38N4O. The molecule has 0 amide bonds. The maximum atomic E-state index is 6.46. The van der Waals surface area contributed by atoms with Crippen LogP contribution in [0.25, 0.3) is 55.3 Å². The highest BCUT2D eigenvalue weighted by atomic mass is 16.3. The van der Waals surface area contributed by atoms with E-state index in [4.69, 9.17) is 9.41 Å². The Hall–Kier alpha value is -7.21. The van der Waals surface area contributed by atoms with E-state index in [1.54, 1.807) is 0 Å². The van der Waals surface area contributed by atoms with E-state index in [-0.39, 0.29) is 12.3 Å². The number of fused-ring (bicyclic) bond motifs is 3. The van der Waals surface area contributed by atoms with Gasteiger partial charge in [0, 0.05) is 38.8 Å². The highest BCUT2D eigenvalue weighted by Crippen LogP contribution is 2.40. The summed E-state index contributed by atoms with van der Waals surface area (Å²) in [7, 11) is 0. The summed E-state index contributed by atoms with van der Waals surface area (Å²) in [6.07, 6.45) is -0.410. The van der Waals surface area contributed by atoms with Crippen LogP contribution in [-0.4, -0.2) is 5.84 Å². The third-order valence-electron chi connectivity index (χ3n) is 10.5. The third-order valence-corrected chi connectivity index (χ3v) is 10.5. The van der Waals surface area contributed by atoms with Crippen molar-refractivity contribution < 1.29 is 4.42 Å². The van der Waals surface area contributed by atoms with Gasteiger partial charge in [-0.1, -0.05) is 170 Å². The predicted octanol–water partition coefficient (Wildman–Crippen LogP) is 12.7. The van der Waals surface area contributed by atoms with Gasteiger partial charge in [0.05, 0.1) is 0 Å². The number of furan rings is 1. The van der Waals surface area contributed by atoms with E-state index < -0.39 is 0 Å². The number of nitrogens with one attached hydrogen (secondary N) is 3. The predicted molar refractivity (Wildman–Crippen MR) is 231 cm³/mol. The number of rotatable bonds is 8. The van der Waals surface area contributed by atoms with Crippen LogP contribution in [0.3, 0.4) is 0 Å². The standard InChI is InChI=1S/C51H38N4O/c1-4-15-34(16-5-1)37-21-12-22-39(31-37)50-53-49(36-19-8-3-9-20-36)54-51(55-50)40-23-13-24-41(32-40)52-46-33-38(29-30-42(46)35-17-6-2-7-18-35)43-26-14-27-45-44-25-10-11-28-47(44)56-48(43)45/h1-33,49-50,52-53H,(H,54,55). The SMILES string of the molecule is c1ccc(-c2cccc(C3NC(c4cccc(Nc5cc(-c6cccc7c6oc6ccccc67)ccc5-c5ccccc5)c4)=NC(c4ccccc4)N3)c2)cc1. The number of benzene rings is 8. The number of anilines is 2. The van der Waals surface area contributed by atoms with Gasteiger partial charge in [0.1, 0.15) is 29.3 Å². The molecule has 0 radical (unpaired) electrons. The fraction of sp³-hybridized carbons (Fsp3) is 0.0392. The molecule has 0 saturated carbocycles. The first-order chi connectivity index (χ1) is 27.7. The van der Waals surface area contributed by atoms with E-state index in [2.05, 4.69) is 198 Å². The lowest BCUT2D eigenvalue weighted by atomic mass is 9.96. The van der Waals surface area contributed by atoms with Gasteiger partial charge in [-0.05, 0) is 63.7 Å². The van der Waals surface area contributed by atoms with Crippen LogP contribution in [0.4, 0.5) is 11.4 Å². The Morgan fingerprint density at radius 1 is 0.464 bits per heavy atom. The van der Waals surface area contributed by atoms with Gasteiger partial charge < -0.3 is 15.1 Å². The first-order valence-corrected chi connectivity index (χ1v) is 19.0. The maximum absolute atomic E-state index is 6.46. The molecule has 3 N–H and O–H groups in total. The van der Waals surface area contributed by atoms with Crippen LogP contribution in [0.5, 0.6) is 0 Å². The van der Waals surface area contributed by atoms with Gasteiger partial charge in [-0.15, -0.1) is 0 Å². The second kappa shape index (κ2) is 14.6. The van der Waals surface area contributed by atoms with Crippen molar-refractivity contribution in [3.63, 3.8) is 0 Å². The number of hydrogen-bond acceptors (Lipinski definition) is 5. The molecule has 5 heteroatoms. The molecule has 0 bridgehead atoms. The van der Waals surface area contributed by atoms with Crippen LogP contribution in [0.15, 0.2) is 210 Å². The molecule has 1 aromatic heterocycles. The molecule has 0 fully saturated rings. The minimum absolute atomic E-state index is 0.171. The van der Waals surface area contributed by atoms with Crippen molar-refractivity contribution in [3.8, 4) is 33.4 Å². The highest BCUT2D eigenvalue weighted by molar-refractivity contribution is 6.10. The van der Waals surface area contributed by atoms with Gasteiger partial charge in [-0.25, -0.2) is 4.99 Å². The monoisotopic (exact) mass is 722 g/mol. The van der Waals surface area contributed by atoms with Crippen molar-refractivity contribution in [1.29, 1.82) is 0 Å². The van der Waals surface area contributed by atoms with Crippen LogP contribution in [0.2, 0.25) is 0 Å². The Morgan fingerprint density at radius 3 is 1.96 bits per heavy atom. The molecule has 268 valence electrons. The van der Waals surface area contributed by atoms with E-state index >= 15 is 0 Å². The minimum atomic E-state index is -0.239. The van der Waals surface area contributed by atoms with Gasteiger partial charge >= 0.3 is 0 Å². The molecule has 9 aromatic rings. The Kier molecular flexibility index (Phi) is 8.67. The van der Waals surface area contributed by atoms with Crippen LogP contribution in [0, 0.1) is 0 Å². The first kappa shape index (κ1) is 33.4. The van der Waals surface area contributed by atoms with Crippen molar-refractivity contribution in [2.75, 3.05) is 5.32 Å². The Balaban J connectivity index is 1.03. The zero-order valence-electron chi connectivity index (χ0n) is 30.6. The zero-order chi connectivity index (χ0) is 37.3. The summed E-state index contributed by atoms with van der Waals surface area (Å²) in [5.41, 5.74) is 13.7. The van der Waals surface area contributed by atoms with Gasteiger partial charge in [-0.3, -0.25) is 5.32 Å². The van der Waals surface area contributed by atoms with Crippen LogP contribution in [0.1, 0.15) is 29.0 Å². The third kappa shape index (κ3) is 6.51. The number of para-hydroxylation sites is 2. The normalized spacial score (nSPS) is 15.3. The van der Waals surface area contributed by atoms with Crippen molar-refractivity contribution in [1.82, 2.24) is 10.6 Å². The Bertz CT molecular complexity index is 2850. The van der Waals surface area contributed by atoms with Crippen LogP contribution < -0.4 is 16.0 Å². The average molecular weight is 723 g/mol. The molecule has 10 rings (SSSR count). The molecule has 0 saturated heterocycles. The summed E-state index contributed by atoms with van der Waals surface area (Å²) in [5.74, 6) is 0.824. The van der Waals surface area contributed by atoms with Gasteiger partial charge in [0.2, 0.25) is 0 Å². The molecule has 1 aliphatic rings. The molecular weight excluding hydrogens is 685 g/mol. The van der Waals surface area contributed by atoms with Crippen LogP contribution >= 0.6 is 0 Å². The number of aliphatic imine (C=N–C) groups is 1. The van der Waals surface area contributed by atoms with Gasteiger partial charge in [-0.2, -0.15) is 0 Å². The van der Waals surface area contributed by atoms with Crippen molar-refractivity contribution >= 4 is 39.1 Å². The smallest absolute Gasteiger partial charge is 0.143 e. The number of hydrogen-bond donors (Lipinski definition) is 3. The largest absolute Gasteiger partial charge is 0.455 e. The molecule has 0 aliphatic carbocycles. The summed E-state index contributed by atoms with van der Waals surface area (Å²) in [5, 5.41) is 13.6. The van der Waals surface area contributed by atoms with Gasteiger partial charge in [0.25, 0.3) is 0 Å². The van der Waals surface area contributed by atoms with Crippen molar-refractivity contribution in [2.24, 2.45) is 4.99 Å².